The number of aromatic nitrogens is 1. The van der Waals surface area contributed by atoms with E-state index >= 15 is 4.39 Å². The third kappa shape index (κ3) is 3.38. The third-order valence-electron chi connectivity index (χ3n) is 8.37. The zero-order chi connectivity index (χ0) is 23.6. The first-order valence-corrected chi connectivity index (χ1v) is 12.3. The van der Waals surface area contributed by atoms with Gasteiger partial charge >= 0.3 is 0 Å². The first-order chi connectivity index (χ1) is 16.3. The molecular weight excluding hydrogens is 437 g/mol. The highest BCUT2D eigenvalue weighted by molar-refractivity contribution is 6.01. The topological polar surface area (TPSA) is 107 Å². The first kappa shape index (κ1) is 21.8. The zero-order valence-electron chi connectivity index (χ0n) is 19.2. The summed E-state index contributed by atoms with van der Waals surface area (Å²) < 4.78 is 23.1. The SMILES string of the molecule is NC(=O)c1c(F)cc(-n2c3c(c4c2CC2(CCC2)CC4=O)COC3)cc1NC1CCC(O)CC1. The van der Waals surface area contributed by atoms with Crippen molar-refractivity contribution in [3.05, 3.63) is 46.0 Å². The highest BCUT2D eigenvalue weighted by Crippen LogP contribution is 2.52. The smallest absolute Gasteiger partial charge is 0.253 e. The number of hydrogen-bond acceptors (Lipinski definition) is 5. The number of amides is 1. The van der Waals surface area contributed by atoms with E-state index in [1.807, 2.05) is 4.57 Å². The lowest BCUT2D eigenvalue weighted by molar-refractivity contribution is 0.0694. The first-order valence-electron chi connectivity index (χ1n) is 12.3. The number of aliphatic hydroxyl groups is 1. The molecule has 3 aliphatic carbocycles. The minimum Gasteiger partial charge on any atom is -0.393 e. The number of fused-ring (bicyclic) bond motifs is 3. The lowest BCUT2D eigenvalue weighted by Crippen LogP contribution is -2.39. The van der Waals surface area contributed by atoms with Gasteiger partial charge in [0, 0.05) is 29.3 Å². The molecule has 1 amide bonds. The predicted molar refractivity (Wildman–Crippen MR) is 124 cm³/mol. The van der Waals surface area contributed by atoms with Crippen LogP contribution in [0.15, 0.2) is 12.1 Å². The molecule has 1 aliphatic heterocycles. The summed E-state index contributed by atoms with van der Waals surface area (Å²) in [5, 5.41) is 13.2. The number of rotatable bonds is 4. The number of anilines is 1. The van der Waals surface area contributed by atoms with Crippen molar-refractivity contribution in [1.29, 1.82) is 0 Å². The number of aliphatic hydroxyl groups excluding tert-OH is 1. The largest absolute Gasteiger partial charge is 0.393 e. The Morgan fingerprint density at radius 3 is 2.59 bits per heavy atom. The molecule has 0 unspecified atom stereocenters. The number of ketones is 1. The van der Waals surface area contributed by atoms with Crippen molar-refractivity contribution < 1.29 is 23.8 Å². The van der Waals surface area contributed by atoms with E-state index in [2.05, 4.69) is 5.32 Å². The van der Waals surface area contributed by atoms with Crippen molar-refractivity contribution >= 4 is 17.4 Å². The van der Waals surface area contributed by atoms with Crippen LogP contribution >= 0.6 is 0 Å². The van der Waals surface area contributed by atoms with Crippen molar-refractivity contribution in [2.45, 2.75) is 83.1 Å². The van der Waals surface area contributed by atoms with Crippen LogP contribution in [0.2, 0.25) is 0 Å². The van der Waals surface area contributed by atoms with E-state index in [1.165, 1.54) is 6.07 Å². The molecule has 1 aromatic carbocycles. The number of nitrogens with zero attached hydrogens (tertiary/aromatic N) is 1. The Morgan fingerprint density at radius 2 is 1.91 bits per heavy atom. The maximum absolute atomic E-state index is 15.4. The fourth-order valence-electron chi connectivity index (χ4n) is 6.50. The fraction of sp³-hybridized carbons (Fsp3) is 0.538. The van der Waals surface area contributed by atoms with Crippen LogP contribution in [-0.2, 0) is 24.4 Å². The second-order valence-electron chi connectivity index (χ2n) is 10.6. The number of hydrogen-bond donors (Lipinski definition) is 3. The highest BCUT2D eigenvalue weighted by Gasteiger charge is 2.46. The number of Topliss-reactive ketones (excluding diaryl/α,β-unsaturated/α-hetero) is 1. The number of carbonyl (C=O) groups is 2. The lowest BCUT2D eigenvalue weighted by atomic mass is 9.60. The maximum Gasteiger partial charge on any atom is 0.253 e. The van der Waals surface area contributed by atoms with Crippen molar-refractivity contribution in [1.82, 2.24) is 4.57 Å². The lowest BCUT2D eigenvalue weighted by Gasteiger charge is -2.44. The van der Waals surface area contributed by atoms with Crippen LogP contribution < -0.4 is 11.1 Å². The number of carbonyl (C=O) groups excluding carboxylic acids is 2. The molecule has 8 heteroatoms. The van der Waals surface area contributed by atoms with E-state index in [-0.39, 0.29) is 28.9 Å². The van der Waals surface area contributed by atoms with Gasteiger partial charge in [-0.05, 0) is 62.5 Å². The van der Waals surface area contributed by atoms with Crippen LogP contribution in [0.5, 0.6) is 0 Å². The van der Waals surface area contributed by atoms with Crippen LogP contribution in [0.25, 0.3) is 5.69 Å². The summed E-state index contributed by atoms with van der Waals surface area (Å²) in [6.07, 6.45) is 7.04. The van der Waals surface area contributed by atoms with Crippen molar-refractivity contribution in [2.24, 2.45) is 11.1 Å². The van der Waals surface area contributed by atoms with E-state index in [9.17, 15) is 14.7 Å². The van der Waals surface area contributed by atoms with Crippen LogP contribution in [-0.4, -0.2) is 33.5 Å². The van der Waals surface area contributed by atoms with Gasteiger partial charge in [-0.25, -0.2) is 4.39 Å². The number of halogens is 1. The van der Waals surface area contributed by atoms with E-state index in [4.69, 9.17) is 10.5 Å². The van der Waals surface area contributed by atoms with Gasteiger partial charge in [0.2, 0.25) is 0 Å². The molecule has 180 valence electrons. The Labute approximate surface area is 197 Å². The quantitative estimate of drug-likeness (QED) is 0.635. The molecule has 2 heterocycles. The summed E-state index contributed by atoms with van der Waals surface area (Å²) in [5.41, 5.74) is 9.87. The molecular formula is C26H30FN3O4. The van der Waals surface area contributed by atoms with Gasteiger partial charge in [0.25, 0.3) is 5.91 Å². The van der Waals surface area contributed by atoms with E-state index in [0.717, 1.165) is 61.0 Å². The second kappa shape index (κ2) is 7.92. The van der Waals surface area contributed by atoms with Gasteiger partial charge in [0.05, 0.1) is 41.9 Å². The molecule has 0 bridgehead atoms. The van der Waals surface area contributed by atoms with Gasteiger partial charge in [-0.1, -0.05) is 6.42 Å². The Morgan fingerprint density at radius 1 is 1.15 bits per heavy atom. The van der Waals surface area contributed by atoms with Crippen LogP contribution in [0.1, 0.15) is 89.0 Å². The highest BCUT2D eigenvalue weighted by atomic mass is 19.1. The summed E-state index contributed by atoms with van der Waals surface area (Å²) >= 11 is 0. The van der Waals surface area contributed by atoms with Crippen molar-refractivity contribution in [3.63, 3.8) is 0 Å². The number of benzene rings is 1. The summed E-state index contributed by atoms with van der Waals surface area (Å²) in [7, 11) is 0. The standard InChI is InChI=1S/C26H30FN3O4/c27-18-8-15(9-19(24(18)25(28)33)29-14-2-4-16(31)5-3-14)30-20-10-26(6-1-7-26)11-22(32)23(20)17-12-34-13-21(17)30/h8-9,14,16,29,31H,1-7,10-13H2,(H2,28,33). The normalized spacial score (nSPS) is 25.1. The third-order valence-corrected chi connectivity index (χ3v) is 8.37. The molecule has 4 aliphatic rings. The van der Waals surface area contributed by atoms with Gasteiger partial charge in [0.1, 0.15) is 5.82 Å². The van der Waals surface area contributed by atoms with E-state index in [0.29, 0.717) is 43.9 Å². The molecule has 2 fully saturated rings. The number of nitrogens with one attached hydrogen (secondary N) is 1. The van der Waals surface area contributed by atoms with Crippen LogP contribution in [0.4, 0.5) is 10.1 Å². The molecule has 0 atom stereocenters. The van der Waals surface area contributed by atoms with Crippen LogP contribution in [0, 0.1) is 11.2 Å². The molecule has 0 saturated heterocycles. The van der Waals surface area contributed by atoms with Crippen LogP contribution in [0.3, 0.4) is 0 Å². The number of primary amides is 1. The Balaban J connectivity index is 1.47. The predicted octanol–water partition coefficient (Wildman–Crippen LogP) is 3.76. The minimum absolute atomic E-state index is 0.0172. The zero-order valence-corrected chi connectivity index (χ0v) is 19.2. The van der Waals surface area contributed by atoms with Gasteiger partial charge in [-0.15, -0.1) is 0 Å². The summed E-state index contributed by atoms with van der Waals surface area (Å²) in [5.74, 6) is -1.34. The summed E-state index contributed by atoms with van der Waals surface area (Å²) in [6.45, 7) is 0.756. The summed E-state index contributed by atoms with van der Waals surface area (Å²) in [6, 6.07) is 3.14. The minimum atomic E-state index is -0.825. The Kier molecular flexibility index (Phi) is 5.08. The molecule has 1 spiro atoms. The molecule has 0 radical (unpaired) electrons. The van der Waals surface area contributed by atoms with Crippen molar-refractivity contribution in [3.8, 4) is 5.69 Å². The molecule has 2 saturated carbocycles. The Bertz CT molecular complexity index is 1190. The molecule has 1 aromatic heterocycles. The van der Waals surface area contributed by atoms with Gasteiger partial charge in [-0.2, -0.15) is 0 Å². The maximum atomic E-state index is 15.4. The average molecular weight is 468 g/mol. The fourth-order valence-corrected chi connectivity index (χ4v) is 6.50. The average Bonchev–Trinajstić information content (AvgIpc) is 3.33. The molecule has 4 N–H and O–H groups in total. The molecule has 7 nitrogen and oxygen atoms in total. The van der Waals surface area contributed by atoms with Crippen molar-refractivity contribution in [2.75, 3.05) is 5.32 Å². The molecule has 2 aromatic rings. The summed E-state index contributed by atoms with van der Waals surface area (Å²) in [4.78, 5) is 25.4. The van der Waals surface area contributed by atoms with E-state index in [1.54, 1.807) is 6.07 Å². The monoisotopic (exact) mass is 467 g/mol. The Hall–Kier alpha value is -2.71. The number of ether oxygens (including phenoxy) is 1. The van der Waals surface area contributed by atoms with Gasteiger partial charge < -0.3 is 25.5 Å². The molecule has 34 heavy (non-hydrogen) atoms. The number of nitrogens with two attached hydrogens (primary N) is 1. The molecule has 6 rings (SSSR count). The van der Waals surface area contributed by atoms with E-state index < -0.39 is 11.7 Å². The van der Waals surface area contributed by atoms with Gasteiger partial charge in [-0.3, -0.25) is 9.59 Å². The van der Waals surface area contributed by atoms with Gasteiger partial charge in [0.15, 0.2) is 5.78 Å². The second-order valence-corrected chi connectivity index (χ2v) is 10.6.